The van der Waals surface area contributed by atoms with Crippen LogP contribution in [0.1, 0.15) is 27.6 Å². The number of carbonyl (C=O) groups excluding carboxylic acids is 1. The number of hydrogen-bond donors (Lipinski definition) is 1. The third kappa shape index (κ3) is 2.90. The highest BCUT2D eigenvalue weighted by Gasteiger charge is 2.19. The molecule has 4 aromatic heterocycles. The molecule has 0 fully saturated rings. The third-order valence-electron chi connectivity index (χ3n) is 3.81. The second kappa shape index (κ2) is 6.36. The van der Waals surface area contributed by atoms with E-state index in [0.29, 0.717) is 17.8 Å². The Balaban J connectivity index is 1.57. The van der Waals surface area contributed by atoms with Gasteiger partial charge in [0.25, 0.3) is 0 Å². The molecule has 4 heterocycles. The fraction of sp³-hybridized carbons (Fsp3) is 0.176. The number of hydrogen-bond acceptors (Lipinski definition) is 7. The largest absolute Gasteiger partial charge is 0.344 e. The summed E-state index contributed by atoms with van der Waals surface area (Å²) in [7, 11) is 0. The molecule has 0 saturated heterocycles. The molecule has 0 spiro atoms. The van der Waals surface area contributed by atoms with E-state index in [1.165, 1.54) is 0 Å². The van der Waals surface area contributed by atoms with Gasteiger partial charge >= 0.3 is 11.8 Å². The fourth-order valence-corrected chi connectivity index (χ4v) is 2.61. The van der Waals surface area contributed by atoms with Crippen LogP contribution in [0.25, 0.3) is 17.0 Å². The minimum atomic E-state index is -0.454. The van der Waals surface area contributed by atoms with Crippen molar-refractivity contribution in [2.24, 2.45) is 0 Å². The van der Waals surface area contributed by atoms with Gasteiger partial charge in [-0.05, 0) is 31.5 Å². The summed E-state index contributed by atoms with van der Waals surface area (Å²) in [6, 6.07) is 5.59. The normalized spacial score (nSPS) is 11.0. The molecule has 0 aromatic carbocycles. The lowest BCUT2D eigenvalue weighted by Gasteiger charge is -2.01. The zero-order valence-electron chi connectivity index (χ0n) is 14.2. The minimum absolute atomic E-state index is 0.118. The summed E-state index contributed by atoms with van der Waals surface area (Å²) in [5.74, 6) is -0.305. The van der Waals surface area contributed by atoms with Gasteiger partial charge in [-0.3, -0.25) is 9.78 Å². The van der Waals surface area contributed by atoms with E-state index in [0.717, 1.165) is 17.0 Å². The number of fused-ring (bicyclic) bond motifs is 1. The van der Waals surface area contributed by atoms with Crippen molar-refractivity contribution in [2.75, 3.05) is 0 Å². The summed E-state index contributed by atoms with van der Waals surface area (Å²) >= 11 is 0. The summed E-state index contributed by atoms with van der Waals surface area (Å²) in [5.41, 5.74) is 3.89. The molecule has 0 bridgehead atoms. The van der Waals surface area contributed by atoms with Gasteiger partial charge in [-0.1, -0.05) is 11.2 Å². The average Bonchev–Trinajstić information content (AvgIpc) is 3.27. The number of aromatic nitrogens is 6. The van der Waals surface area contributed by atoms with Gasteiger partial charge in [-0.25, -0.2) is 9.50 Å². The Morgan fingerprint density at radius 3 is 2.96 bits per heavy atom. The van der Waals surface area contributed by atoms with Crippen LogP contribution in [-0.4, -0.2) is 35.6 Å². The quantitative estimate of drug-likeness (QED) is 0.597. The first-order chi connectivity index (χ1) is 12.6. The molecule has 0 aliphatic heterocycles. The van der Waals surface area contributed by atoms with E-state index in [2.05, 4.69) is 30.5 Å². The van der Waals surface area contributed by atoms with E-state index in [1.54, 1.807) is 29.2 Å². The fourth-order valence-electron chi connectivity index (χ4n) is 2.61. The summed E-state index contributed by atoms with van der Waals surface area (Å²) in [6.07, 6.45) is 4.95. The predicted molar refractivity (Wildman–Crippen MR) is 91.2 cm³/mol. The molecule has 0 aliphatic rings. The first-order valence-corrected chi connectivity index (χ1v) is 7.95. The van der Waals surface area contributed by atoms with Crippen molar-refractivity contribution in [3.63, 3.8) is 0 Å². The summed E-state index contributed by atoms with van der Waals surface area (Å²) in [4.78, 5) is 24.9. The van der Waals surface area contributed by atoms with Gasteiger partial charge in [-0.2, -0.15) is 10.1 Å². The van der Waals surface area contributed by atoms with Crippen molar-refractivity contribution in [1.82, 2.24) is 35.0 Å². The van der Waals surface area contributed by atoms with Crippen LogP contribution in [0, 0.1) is 13.8 Å². The van der Waals surface area contributed by atoms with Gasteiger partial charge in [0, 0.05) is 30.3 Å². The molecule has 1 N–H and O–H groups in total. The minimum Gasteiger partial charge on any atom is -0.344 e. The monoisotopic (exact) mass is 349 g/mol. The zero-order valence-corrected chi connectivity index (χ0v) is 14.2. The molecular formula is C17H15N7O2. The average molecular weight is 349 g/mol. The predicted octanol–water partition coefficient (Wildman–Crippen LogP) is 1.72. The Morgan fingerprint density at radius 2 is 2.15 bits per heavy atom. The molecule has 0 saturated carbocycles. The summed E-state index contributed by atoms with van der Waals surface area (Å²) in [6.45, 7) is 4.16. The lowest BCUT2D eigenvalue weighted by Crippen LogP contribution is -2.23. The van der Waals surface area contributed by atoms with Crippen molar-refractivity contribution >= 4 is 11.6 Å². The number of aryl methyl sites for hydroxylation is 2. The number of amides is 1. The molecule has 0 aliphatic carbocycles. The topological polar surface area (TPSA) is 111 Å². The molecule has 9 nitrogen and oxygen atoms in total. The Kier molecular flexibility index (Phi) is 3.88. The number of pyridine rings is 1. The van der Waals surface area contributed by atoms with Crippen LogP contribution in [-0.2, 0) is 6.54 Å². The maximum absolute atomic E-state index is 12.2. The Labute approximate surface area is 148 Å². The van der Waals surface area contributed by atoms with E-state index in [1.807, 2.05) is 26.0 Å². The van der Waals surface area contributed by atoms with E-state index in [9.17, 15) is 4.79 Å². The maximum Gasteiger partial charge on any atom is 0.316 e. The van der Waals surface area contributed by atoms with Crippen molar-refractivity contribution in [1.29, 1.82) is 0 Å². The van der Waals surface area contributed by atoms with Crippen molar-refractivity contribution in [3.8, 4) is 11.4 Å². The molecule has 0 unspecified atom stereocenters. The van der Waals surface area contributed by atoms with Gasteiger partial charge in [-0.15, -0.1) is 0 Å². The summed E-state index contributed by atoms with van der Waals surface area (Å²) in [5, 5.41) is 10.9. The highest BCUT2D eigenvalue weighted by molar-refractivity contribution is 5.90. The first-order valence-electron chi connectivity index (χ1n) is 7.95. The first kappa shape index (κ1) is 15.9. The highest BCUT2D eigenvalue weighted by atomic mass is 16.5. The second-order valence-electron chi connectivity index (χ2n) is 5.80. The molecule has 130 valence electrons. The van der Waals surface area contributed by atoms with Crippen LogP contribution >= 0.6 is 0 Å². The molecule has 0 atom stereocenters. The molecule has 4 rings (SSSR count). The smallest absolute Gasteiger partial charge is 0.316 e. The Bertz CT molecular complexity index is 1090. The second-order valence-corrected chi connectivity index (χ2v) is 5.80. The number of carbonyl (C=O) groups is 1. The Morgan fingerprint density at radius 1 is 1.27 bits per heavy atom. The zero-order chi connectivity index (χ0) is 18.1. The third-order valence-corrected chi connectivity index (χ3v) is 3.81. The molecule has 4 aromatic rings. The number of nitrogens with one attached hydrogen (secondary N) is 1. The van der Waals surface area contributed by atoms with Crippen LogP contribution in [0.5, 0.6) is 0 Å². The van der Waals surface area contributed by atoms with E-state index in [-0.39, 0.29) is 11.7 Å². The van der Waals surface area contributed by atoms with Gasteiger partial charge in [0.05, 0.1) is 11.8 Å². The maximum atomic E-state index is 12.2. The molecule has 1 amide bonds. The van der Waals surface area contributed by atoms with Crippen LogP contribution in [0.15, 0.2) is 41.3 Å². The molecule has 0 radical (unpaired) electrons. The van der Waals surface area contributed by atoms with Gasteiger partial charge in [0.15, 0.2) is 5.65 Å². The van der Waals surface area contributed by atoms with Crippen LogP contribution in [0.2, 0.25) is 0 Å². The van der Waals surface area contributed by atoms with Gasteiger partial charge in [0.2, 0.25) is 5.82 Å². The van der Waals surface area contributed by atoms with Crippen molar-refractivity contribution in [3.05, 3.63) is 59.6 Å². The number of rotatable bonds is 4. The van der Waals surface area contributed by atoms with E-state index < -0.39 is 5.91 Å². The van der Waals surface area contributed by atoms with E-state index >= 15 is 0 Å². The van der Waals surface area contributed by atoms with Crippen molar-refractivity contribution < 1.29 is 9.32 Å². The summed E-state index contributed by atoms with van der Waals surface area (Å²) < 4.78 is 6.79. The molecule has 26 heavy (non-hydrogen) atoms. The van der Waals surface area contributed by atoms with Gasteiger partial charge < -0.3 is 9.84 Å². The standard InChI is InChI=1S/C17H15N7O2/c1-10-6-11(2)24-15(21-10)13(9-20-24)14-22-17(26-23-14)16(25)19-8-12-4-3-5-18-7-12/h3-7,9H,8H2,1-2H3,(H,19,25). The SMILES string of the molecule is Cc1cc(C)n2ncc(-c3noc(C(=O)NCc4cccnc4)n3)c2n1. The van der Waals surface area contributed by atoms with E-state index in [4.69, 9.17) is 4.52 Å². The molecule has 9 heteroatoms. The van der Waals surface area contributed by atoms with Crippen LogP contribution in [0.4, 0.5) is 0 Å². The highest BCUT2D eigenvalue weighted by Crippen LogP contribution is 2.21. The van der Waals surface area contributed by atoms with Gasteiger partial charge in [0.1, 0.15) is 0 Å². The van der Waals surface area contributed by atoms with Crippen LogP contribution < -0.4 is 5.32 Å². The lowest BCUT2D eigenvalue weighted by atomic mass is 10.3. The Hall–Kier alpha value is -3.62. The van der Waals surface area contributed by atoms with Crippen molar-refractivity contribution in [2.45, 2.75) is 20.4 Å². The number of nitrogens with zero attached hydrogens (tertiary/aromatic N) is 6. The lowest BCUT2D eigenvalue weighted by molar-refractivity contribution is 0.0907. The van der Waals surface area contributed by atoms with Crippen LogP contribution in [0.3, 0.4) is 0 Å². The molecular weight excluding hydrogens is 334 g/mol.